The van der Waals surface area contributed by atoms with E-state index in [0.717, 1.165) is 36.4 Å². The van der Waals surface area contributed by atoms with Gasteiger partial charge in [0.15, 0.2) is 0 Å². The van der Waals surface area contributed by atoms with Gasteiger partial charge in [-0.3, -0.25) is 9.59 Å². The minimum absolute atomic E-state index is 0.346. The number of likely N-dealkylation sites (tertiary alicyclic amines) is 1. The molecule has 0 saturated carbocycles. The molecule has 0 spiro atoms. The fourth-order valence-corrected chi connectivity index (χ4v) is 3.44. The summed E-state index contributed by atoms with van der Waals surface area (Å²) in [7, 11) is 0. The lowest BCUT2D eigenvalue weighted by atomic mass is 10.0. The van der Waals surface area contributed by atoms with Crippen LogP contribution in [0.3, 0.4) is 0 Å². The molecule has 21 heavy (non-hydrogen) atoms. The highest BCUT2D eigenvalue weighted by molar-refractivity contribution is 6.52. The van der Waals surface area contributed by atoms with Crippen molar-refractivity contribution in [2.75, 3.05) is 31.1 Å². The van der Waals surface area contributed by atoms with Gasteiger partial charge in [-0.15, -0.1) is 0 Å². The monoisotopic (exact) mass is 286 g/mol. The van der Waals surface area contributed by atoms with E-state index in [-0.39, 0.29) is 11.7 Å². The number of benzene rings is 1. The van der Waals surface area contributed by atoms with E-state index in [1.807, 2.05) is 26.0 Å². The third-order valence-electron chi connectivity index (χ3n) is 4.50. The van der Waals surface area contributed by atoms with Crippen molar-refractivity contribution in [3.8, 4) is 0 Å². The van der Waals surface area contributed by atoms with Crippen molar-refractivity contribution in [2.24, 2.45) is 0 Å². The third kappa shape index (κ3) is 2.60. The molecular formula is C17H22N2O2. The van der Waals surface area contributed by atoms with E-state index in [2.05, 4.69) is 4.90 Å². The number of nitrogens with zero attached hydrogens (tertiary/aromatic N) is 2. The van der Waals surface area contributed by atoms with E-state index in [1.54, 1.807) is 4.90 Å². The van der Waals surface area contributed by atoms with Gasteiger partial charge in [-0.05, 0) is 57.0 Å². The molecule has 0 aromatic heterocycles. The minimum Gasteiger partial charge on any atom is -0.303 e. The van der Waals surface area contributed by atoms with Crippen LogP contribution in [0, 0.1) is 13.8 Å². The average molecular weight is 286 g/mol. The van der Waals surface area contributed by atoms with Crippen molar-refractivity contribution in [2.45, 2.75) is 33.1 Å². The van der Waals surface area contributed by atoms with Crippen LogP contribution in [0.1, 0.15) is 40.7 Å². The van der Waals surface area contributed by atoms with Gasteiger partial charge >= 0.3 is 0 Å². The summed E-state index contributed by atoms with van der Waals surface area (Å²) in [5.74, 6) is -0.711. The number of aryl methyl sites for hydroxylation is 2. The van der Waals surface area contributed by atoms with Gasteiger partial charge in [-0.25, -0.2) is 0 Å². The summed E-state index contributed by atoms with van der Waals surface area (Å²) < 4.78 is 0. The van der Waals surface area contributed by atoms with Crippen molar-refractivity contribution in [1.29, 1.82) is 0 Å². The molecule has 1 fully saturated rings. The Bertz CT molecular complexity index is 589. The summed E-state index contributed by atoms with van der Waals surface area (Å²) in [6.07, 6.45) is 3.78. The molecule has 1 saturated heterocycles. The Morgan fingerprint density at radius 2 is 1.71 bits per heavy atom. The SMILES string of the molecule is Cc1cc(C)c2c(c1)N(CCN1CCCCC1)C(=O)C2=O. The molecule has 0 aliphatic carbocycles. The lowest BCUT2D eigenvalue weighted by Crippen LogP contribution is -2.40. The highest BCUT2D eigenvalue weighted by atomic mass is 16.2. The zero-order valence-electron chi connectivity index (χ0n) is 12.8. The number of Topliss-reactive ketones (excluding diaryl/α,β-unsaturated/α-hetero) is 1. The van der Waals surface area contributed by atoms with Crippen LogP contribution >= 0.6 is 0 Å². The zero-order chi connectivity index (χ0) is 15.0. The van der Waals surface area contributed by atoms with E-state index in [9.17, 15) is 9.59 Å². The van der Waals surface area contributed by atoms with Crippen molar-refractivity contribution in [1.82, 2.24) is 4.90 Å². The Morgan fingerprint density at radius 1 is 1.00 bits per heavy atom. The molecule has 0 N–H and O–H groups in total. The van der Waals surface area contributed by atoms with Crippen LogP contribution in [0.2, 0.25) is 0 Å². The molecule has 0 unspecified atom stereocenters. The van der Waals surface area contributed by atoms with Crippen molar-refractivity contribution >= 4 is 17.4 Å². The molecule has 0 radical (unpaired) electrons. The first kappa shape index (κ1) is 14.3. The maximum atomic E-state index is 12.3. The summed E-state index contributed by atoms with van der Waals surface area (Å²) in [5.41, 5.74) is 3.41. The maximum Gasteiger partial charge on any atom is 0.299 e. The lowest BCUT2D eigenvalue weighted by Gasteiger charge is -2.28. The van der Waals surface area contributed by atoms with Gasteiger partial charge in [-0.1, -0.05) is 12.5 Å². The highest BCUT2D eigenvalue weighted by Gasteiger charge is 2.37. The highest BCUT2D eigenvalue weighted by Crippen LogP contribution is 2.32. The summed E-state index contributed by atoms with van der Waals surface area (Å²) in [6, 6.07) is 3.93. The molecule has 2 aliphatic heterocycles. The third-order valence-corrected chi connectivity index (χ3v) is 4.50. The van der Waals surface area contributed by atoms with E-state index in [1.165, 1.54) is 19.3 Å². The molecule has 4 heteroatoms. The first-order valence-electron chi connectivity index (χ1n) is 7.78. The Balaban J connectivity index is 1.80. The molecule has 1 amide bonds. The summed E-state index contributed by atoms with van der Waals surface area (Å²) in [6.45, 7) is 7.59. The second-order valence-corrected chi connectivity index (χ2v) is 6.16. The number of hydrogen-bond donors (Lipinski definition) is 0. The number of rotatable bonds is 3. The fourth-order valence-electron chi connectivity index (χ4n) is 3.44. The molecule has 0 bridgehead atoms. The van der Waals surface area contributed by atoms with E-state index >= 15 is 0 Å². The Labute approximate surface area is 125 Å². The van der Waals surface area contributed by atoms with Crippen molar-refractivity contribution in [3.63, 3.8) is 0 Å². The number of fused-ring (bicyclic) bond motifs is 1. The first-order chi connectivity index (χ1) is 10.1. The van der Waals surface area contributed by atoms with Crippen LogP contribution in [-0.4, -0.2) is 42.8 Å². The molecule has 1 aromatic carbocycles. The Kier molecular flexibility index (Phi) is 3.81. The molecule has 2 heterocycles. The number of anilines is 1. The van der Waals surface area contributed by atoms with Gasteiger partial charge < -0.3 is 9.80 Å². The zero-order valence-corrected chi connectivity index (χ0v) is 12.8. The maximum absolute atomic E-state index is 12.3. The standard InChI is InChI=1S/C17H22N2O2/c1-12-10-13(2)15-14(11-12)19(17(21)16(15)20)9-8-18-6-4-3-5-7-18/h10-11H,3-9H2,1-2H3. The number of piperidine rings is 1. The average Bonchev–Trinajstić information content (AvgIpc) is 2.70. The van der Waals surface area contributed by atoms with Gasteiger partial charge in [0.05, 0.1) is 11.3 Å². The molecule has 1 aromatic rings. The van der Waals surface area contributed by atoms with Crippen LogP contribution in [0.15, 0.2) is 12.1 Å². The normalized spacial score (nSPS) is 19.2. The van der Waals surface area contributed by atoms with Gasteiger partial charge in [0, 0.05) is 13.1 Å². The summed E-state index contributed by atoms with van der Waals surface area (Å²) in [4.78, 5) is 28.5. The lowest BCUT2D eigenvalue weighted by molar-refractivity contribution is -0.114. The fraction of sp³-hybridized carbons (Fsp3) is 0.529. The number of carbonyl (C=O) groups excluding carboxylic acids is 2. The Morgan fingerprint density at radius 3 is 2.43 bits per heavy atom. The number of amides is 1. The van der Waals surface area contributed by atoms with E-state index in [4.69, 9.17) is 0 Å². The summed E-state index contributed by atoms with van der Waals surface area (Å²) >= 11 is 0. The number of ketones is 1. The molecule has 112 valence electrons. The first-order valence-corrected chi connectivity index (χ1v) is 7.78. The van der Waals surface area contributed by atoms with Gasteiger partial charge in [0.2, 0.25) is 0 Å². The van der Waals surface area contributed by atoms with E-state index < -0.39 is 0 Å². The molecular weight excluding hydrogens is 264 g/mol. The van der Waals surface area contributed by atoms with Gasteiger partial charge in [0.1, 0.15) is 0 Å². The predicted octanol–water partition coefficient (Wildman–Crippen LogP) is 2.32. The second kappa shape index (κ2) is 5.60. The molecule has 4 nitrogen and oxygen atoms in total. The van der Waals surface area contributed by atoms with Crippen LogP contribution in [-0.2, 0) is 4.79 Å². The van der Waals surface area contributed by atoms with Crippen molar-refractivity contribution in [3.05, 3.63) is 28.8 Å². The van der Waals surface area contributed by atoms with Gasteiger partial charge in [0.25, 0.3) is 11.7 Å². The molecule has 3 rings (SSSR count). The van der Waals surface area contributed by atoms with Crippen LogP contribution in [0.4, 0.5) is 5.69 Å². The second-order valence-electron chi connectivity index (χ2n) is 6.16. The number of hydrogen-bond acceptors (Lipinski definition) is 3. The topological polar surface area (TPSA) is 40.6 Å². The van der Waals surface area contributed by atoms with Crippen LogP contribution in [0.25, 0.3) is 0 Å². The van der Waals surface area contributed by atoms with E-state index in [0.29, 0.717) is 12.1 Å². The van der Waals surface area contributed by atoms with Crippen LogP contribution < -0.4 is 4.90 Å². The molecule has 0 atom stereocenters. The summed E-state index contributed by atoms with van der Waals surface area (Å²) in [5, 5.41) is 0. The Hall–Kier alpha value is -1.68. The quantitative estimate of drug-likeness (QED) is 0.801. The number of carbonyl (C=O) groups is 2. The van der Waals surface area contributed by atoms with Gasteiger partial charge in [-0.2, -0.15) is 0 Å². The smallest absolute Gasteiger partial charge is 0.299 e. The predicted molar refractivity (Wildman–Crippen MR) is 82.9 cm³/mol. The van der Waals surface area contributed by atoms with Crippen LogP contribution in [0.5, 0.6) is 0 Å². The largest absolute Gasteiger partial charge is 0.303 e. The molecule has 2 aliphatic rings. The van der Waals surface area contributed by atoms with Crippen molar-refractivity contribution < 1.29 is 9.59 Å². The minimum atomic E-state index is -0.365.